The van der Waals surface area contributed by atoms with Gasteiger partial charge in [-0.05, 0) is 49.8 Å². The lowest BCUT2D eigenvalue weighted by Gasteiger charge is -2.20. The molecule has 1 aromatic rings. The maximum atomic E-state index is 14.1. The number of hydrogen-bond acceptors (Lipinski definition) is 1. The summed E-state index contributed by atoms with van der Waals surface area (Å²) < 4.78 is 14.1. The van der Waals surface area contributed by atoms with Crippen molar-refractivity contribution in [2.75, 3.05) is 0 Å². The minimum absolute atomic E-state index is 0.139. The van der Waals surface area contributed by atoms with Gasteiger partial charge in [-0.2, -0.15) is 0 Å². The van der Waals surface area contributed by atoms with E-state index in [-0.39, 0.29) is 11.6 Å². The van der Waals surface area contributed by atoms with Crippen molar-refractivity contribution in [2.24, 2.45) is 5.92 Å². The van der Waals surface area contributed by atoms with Gasteiger partial charge < -0.3 is 0 Å². The maximum absolute atomic E-state index is 14.1. The highest BCUT2D eigenvalue weighted by Gasteiger charge is 2.16. The average molecular weight is 304 g/mol. The van der Waals surface area contributed by atoms with Gasteiger partial charge in [0.1, 0.15) is 5.82 Å². The summed E-state index contributed by atoms with van der Waals surface area (Å²) in [5.41, 5.74) is 2.85. The molecule has 1 aromatic carbocycles. The van der Waals surface area contributed by atoms with Crippen molar-refractivity contribution in [1.82, 2.24) is 0 Å². The number of rotatable bonds is 9. The standard InChI is InChI=1S/C20H29FO/c1-5-8-16(9-6-2)17(14-19(22)7-3)13-18-12-15(4)10-11-20(18)21/h10-12,14,16H,5-9,13H2,1-4H3/b17-14-. The van der Waals surface area contributed by atoms with E-state index in [4.69, 9.17) is 0 Å². The number of ketones is 1. The van der Waals surface area contributed by atoms with Crippen molar-refractivity contribution in [3.05, 3.63) is 46.8 Å². The van der Waals surface area contributed by atoms with E-state index in [0.29, 0.717) is 24.3 Å². The lowest BCUT2D eigenvalue weighted by Crippen LogP contribution is -2.10. The van der Waals surface area contributed by atoms with E-state index in [1.54, 1.807) is 12.1 Å². The van der Waals surface area contributed by atoms with Crippen molar-refractivity contribution in [2.45, 2.75) is 66.2 Å². The molecule has 0 atom stereocenters. The third-order valence-electron chi connectivity index (χ3n) is 4.09. The summed E-state index contributed by atoms with van der Waals surface area (Å²) >= 11 is 0. The highest BCUT2D eigenvalue weighted by molar-refractivity contribution is 5.90. The maximum Gasteiger partial charge on any atom is 0.155 e. The molecule has 0 aliphatic carbocycles. The van der Waals surface area contributed by atoms with Crippen LogP contribution < -0.4 is 0 Å². The molecular formula is C20H29FO. The molecular weight excluding hydrogens is 275 g/mol. The first-order chi connectivity index (χ1) is 10.5. The second kappa shape index (κ2) is 9.55. The van der Waals surface area contributed by atoms with Gasteiger partial charge in [-0.3, -0.25) is 4.79 Å². The zero-order chi connectivity index (χ0) is 16.5. The largest absolute Gasteiger partial charge is 0.295 e. The van der Waals surface area contributed by atoms with Crippen LogP contribution in [0, 0.1) is 18.7 Å². The summed E-state index contributed by atoms with van der Waals surface area (Å²) in [5, 5.41) is 0. The smallest absolute Gasteiger partial charge is 0.155 e. The molecule has 0 saturated carbocycles. The zero-order valence-electron chi connectivity index (χ0n) is 14.4. The second-order valence-corrected chi connectivity index (χ2v) is 6.09. The van der Waals surface area contributed by atoms with Gasteiger partial charge >= 0.3 is 0 Å². The predicted molar refractivity (Wildman–Crippen MR) is 91.5 cm³/mol. The van der Waals surface area contributed by atoms with E-state index < -0.39 is 0 Å². The topological polar surface area (TPSA) is 17.1 Å². The number of carbonyl (C=O) groups excluding carboxylic acids is 1. The molecule has 0 N–H and O–H groups in total. The molecule has 0 radical (unpaired) electrons. The first-order valence-electron chi connectivity index (χ1n) is 8.50. The van der Waals surface area contributed by atoms with Crippen molar-refractivity contribution in [3.63, 3.8) is 0 Å². The molecule has 1 rings (SSSR count). The number of benzene rings is 1. The summed E-state index contributed by atoms with van der Waals surface area (Å²) in [7, 11) is 0. The third kappa shape index (κ3) is 5.75. The Morgan fingerprint density at radius 2 is 1.82 bits per heavy atom. The van der Waals surface area contributed by atoms with Crippen molar-refractivity contribution in [3.8, 4) is 0 Å². The van der Waals surface area contributed by atoms with Crippen LogP contribution in [0.2, 0.25) is 0 Å². The number of aryl methyl sites for hydroxylation is 1. The van der Waals surface area contributed by atoms with Crippen LogP contribution in [0.1, 0.15) is 64.0 Å². The fourth-order valence-corrected chi connectivity index (χ4v) is 2.89. The lowest BCUT2D eigenvalue weighted by molar-refractivity contribution is -0.114. The van der Waals surface area contributed by atoms with Gasteiger partial charge in [0.25, 0.3) is 0 Å². The molecule has 0 spiro atoms. The van der Waals surface area contributed by atoms with Crippen LogP contribution in [0.15, 0.2) is 29.8 Å². The third-order valence-corrected chi connectivity index (χ3v) is 4.09. The Kier molecular flexibility index (Phi) is 8.08. The molecule has 0 amide bonds. The molecule has 0 bridgehead atoms. The van der Waals surface area contributed by atoms with Crippen LogP contribution in [0.25, 0.3) is 0 Å². The fraction of sp³-hybridized carbons (Fsp3) is 0.550. The summed E-state index contributed by atoms with van der Waals surface area (Å²) in [6, 6.07) is 5.21. The van der Waals surface area contributed by atoms with Crippen molar-refractivity contribution in [1.29, 1.82) is 0 Å². The van der Waals surface area contributed by atoms with Crippen LogP contribution in [0.3, 0.4) is 0 Å². The van der Waals surface area contributed by atoms with Gasteiger partial charge in [-0.1, -0.05) is 56.9 Å². The molecule has 0 saturated heterocycles. The summed E-state index contributed by atoms with van der Waals surface area (Å²) in [4.78, 5) is 11.9. The number of allylic oxidation sites excluding steroid dienone is 2. The summed E-state index contributed by atoms with van der Waals surface area (Å²) in [6.45, 7) is 8.17. The monoisotopic (exact) mass is 304 g/mol. The van der Waals surface area contributed by atoms with Crippen molar-refractivity contribution >= 4 is 5.78 Å². The molecule has 2 heteroatoms. The molecule has 0 aliphatic rings. The van der Waals surface area contributed by atoms with Crippen LogP contribution >= 0.6 is 0 Å². The second-order valence-electron chi connectivity index (χ2n) is 6.09. The predicted octanol–water partition coefficient (Wildman–Crippen LogP) is 5.80. The molecule has 122 valence electrons. The van der Waals surface area contributed by atoms with Gasteiger partial charge in [0, 0.05) is 6.42 Å². The summed E-state index contributed by atoms with van der Waals surface area (Å²) in [5.74, 6) is 0.345. The number of halogens is 1. The van der Waals surface area contributed by atoms with E-state index in [1.165, 1.54) is 6.07 Å². The fourth-order valence-electron chi connectivity index (χ4n) is 2.89. The van der Waals surface area contributed by atoms with Crippen molar-refractivity contribution < 1.29 is 9.18 Å². The van der Waals surface area contributed by atoms with E-state index >= 15 is 0 Å². The van der Waals surface area contributed by atoms with Crippen LogP contribution in [0.4, 0.5) is 4.39 Å². The van der Waals surface area contributed by atoms with Crippen LogP contribution in [0.5, 0.6) is 0 Å². The first-order valence-corrected chi connectivity index (χ1v) is 8.50. The Hall–Kier alpha value is -1.44. The quantitative estimate of drug-likeness (QED) is 0.527. The molecule has 22 heavy (non-hydrogen) atoms. The molecule has 0 aliphatic heterocycles. The highest BCUT2D eigenvalue weighted by Crippen LogP contribution is 2.27. The Balaban J connectivity index is 3.11. The van der Waals surface area contributed by atoms with Gasteiger partial charge in [-0.15, -0.1) is 0 Å². The average Bonchev–Trinajstić information content (AvgIpc) is 2.49. The summed E-state index contributed by atoms with van der Waals surface area (Å²) in [6.07, 6.45) is 7.11. The number of carbonyl (C=O) groups is 1. The van der Waals surface area contributed by atoms with E-state index in [1.807, 2.05) is 19.9 Å². The van der Waals surface area contributed by atoms with Gasteiger partial charge in [0.05, 0.1) is 0 Å². The minimum atomic E-state index is -0.174. The lowest BCUT2D eigenvalue weighted by atomic mass is 9.85. The van der Waals surface area contributed by atoms with E-state index in [9.17, 15) is 9.18 Å². The van der Waals surface area contributed by atoms with Crippen LogP contribution in [-0.2, 0) is 11.2 Å². The molecule has 0 heterocycles. The van der Waals surface area contributed by atoms with E-state index in [0.717, 1.165) is 36.8 Å². The Morgan fingerprint density at radius 3 is 2.36 bits per heavy atom. The Labute approximate surface area is 134 Å². The van der Waals surface area contributed by atoms with Gasteiger partial charge in [-0.25, -0.2) is 4.39 Å². The SMILES string of the molecule is CCCC(CCC)/C(=C\C(=O)CC)Cc1cc(C)ccc1F. The van der Waals surface area contributed by atoms with Gasteiger partial charge in [0.2, 0.25) is 0 Å². The Bertz CT molecular complexity index is 510. The Morgan fingerprint density at radius 1 is 1.18 bits per heavy atom. The highest BCUT2D eigenvalue weighted by atomic mass is 19.1. The normalized spacial score (nSPS) is 12.0. The molecule has 0 unspecified atom stereocenters. The molecule has 0 aromatic heterocycles. The molecule has 1 nitrogen and oxygen atoms in total. The minimum Gasteiger partial charge on any atom is -0.295 e. The zero-order valence-corrected chi connectivity index (χ0v) is 14.4. The first kappa shape index (κ1) is 18.6. The molecule has 0 fully saturated rings. The number of hydrogen-bond donors (Lipinski definition) is 0. The van der Waals surface area contributed by atoms with Gasteiger partial charge in [0.15, 0.2) is 5.78 Å². The van der Waals surface area contributed by atoms with Crippen LogP contribution in [-0.4, -0.2) is 5.78 Å². The van der Waals surface area contributed by atoms with E-state index in [2.05, 4.69) is 13.8 Å².